The molecule has 2 aliphatic heterocycles. The molecule has 1 aromatic rings. The van der Waals surface area contributed by atoms with Crippen molar-refractivity contribution in [2.45, 2.75) is 38.1 Å². The highest BCUT2D eigenvalue weighted by Crippen LogP contribution is 2.27. The van der Waals surface area contributed by atoms with Gasteiger partial charge in [-0.15, -0.1) is 0 Å². The molecule has 2 N–H and O–H groups in total. The van der Waals surface area contributed by atoms with Crippen LogP contribution in [0.4, 0.5) is 4.79 Å². The van der Waals surface area contributed by atoms with Crippen LogP contribution < -0.4 is 10.7 Å². The second kappa shape index (κ2) is 7.23. The van der Waals surface area contributed by atoms with E-state index in [1.54, 1.807) is 31.2 Å². The maximum absolute atomic E-state index is 12.7. The molecular weight excluding hydrogens is 320 g/mol. The number of carbonyl (C=O) groups is 3. The third-order valence-electron chi connectivity index (χ3n) is 4.84. The molecule has 0 aliphatic carbocycles. The number of urea groups is 1. The molecule has 0 aromatic heterocycles. The van der Waals surface area contributed by atoms with Gasteiger partial charge in [-0.3, -0.25) is 19.9 Å². The molecule has 3 rings (SSSR count). The Hall–Kier alpha value is -2.41. The molecule has 2 aliphatic rings. The lowest BCUT2D eigenvalue weighted by atomic mass is 9.92. The lowest BCUT2D eigenvalue weighted by Crippen LogP contribution is -2.50. The minimum absolute atomic E-state index is 0.194. The number of hydrogen-bond donors (Lipinski definition) is 2. The Labute approximate surface area is 147 Å². The molecule has 25 heavy (non-hydrogen) atoms. The van der Waals surface area contributed by atoms with Crippen molar-refractivity contribution < 1.29 is 14.4 Å². The summed E-state index contributed by atoms with van der Waals surface area (Å²) in [4.78, 5) is 39.3. The summed E-state index contributed by atoms with van der Waals surface area (Å²) in [7, 11) is 0. The quantitative estimate of drug-likeness (QED) is 0.808. The number of imide groups is 1. The molecule has 134 valence electrons. The molecule has 0 saturated carbocycles. The number of benzene rings is 1. The molecule has 1 atom stereocenters. The number of nitrogens with zero attached hydrogens (tertiary/aromatic N) is 2. The van der Waals surface area contributed by atoms with Crippen molar-refractivity contribution in [1.82, 2.24) is 20.7 Å². The average molecular weight is 344 g/mol. The van der Waals surface area contributed by atoms with E-state index in [1.807, 2.05) is 6.07 Å². The van der Waals surface area contributed by atoms with Gasteiger partial charge in [-0.25, -0.2) is 4.79 Å². The van der Waals surface area contributed by atoms with Crippen LogP contribution in [0.2, 0.25) is 0 Å². The zero-order chi connectivity index (χ0) is 17.9. The van der Waals surface area contributed by atoms with E-state index >= 15 is 0 Å². The Morgan fingerprint density at radius 2 is 1.76 bits per heavy atom. The highest BCUT2D eigenvalue weighted by Gasteiger charge is 2.49. The lowest BCUT2D eigenvalue weighted by Gasteiger charge is -2.23. The smallest absolute Gasteiger partial charge is 0.318 e. The molecular formula is C18H24N4O3. The summed E-state index contributed by atoms with van der Waals surface area (Å²) in [5, 5.41) is 3.47. The summed E-state index contributed by atoms with van der Waals surface area (Å²) in [5.74, 6) is -0.823. The van der Waals surface area contributed by atoms with Crippen LogP contribution in [0.1, 0.15) is 38.2 Å². The topological polar surface area (TPSA) is 81.8 Å². The van der Waals surface area contributed by atoms with Gasteiger partial charge in [-0.05, 0) is 38.4 Å². The summed E-state index contributed by atoms with van der Waals surface area (Å²) in [6.07, 6.45) is 4.51. The fraction of sp³-hybridized carbons (Fsp3) is 0.500. The molecule has 2 heterocycles. The van der Waals surface area contributed by atoms with Crippen LogP contribution in [0.15, 0.2) is 30.3 Å². The molecule has 0 unspecified atom stereocenters. The molecule has 2 saturated heterocycles. The summed E-state index contributed by atoms with van der Waals surface area (Å²) in [5.41, 5.74) is 1.97. The third kappa shape index (κ3) is 3.66. The zero-order valence-electron chi connectivity index (χ0n) is 14.5. The van der Waals surface area contributed by atoms with E-state index in [4.69, 9.17) is 0 Å². The number of likely N-dealkylation sites (tertiary alicyclic amines) is 1. The fourth-order valence-electron chi connectivity index (χ4n) is 3.37. The van der Waals surface area contributed by atoms with Crippen LogP contribution in [0, 0.1) is 0 Å². The number of hydrogen-bond acceptors (Lipinski definition) is 4. The van der Waals surface area contributed by atoms with Crippen molar-refractivity contribution in [3.63, 3.8) is 0 Å². The third-order valence-corrected chi connectivity index (χ3v) is 4.84. The predicted octanol–water partition coefficient (Wildman–Crippen LogP) is 1.36. The molecule has 0 bridgehead atoms. The maximum atomic E-state index is 12.7. The van der Waals surface area contributed by atoms with Gasteiger partial charge in [-0.1, -0.05) is 43.2 Å². The van der Waals surface area contributed by atoms with Crippen molar-refractivity contribution in [3.05, 3.63) is 35.9 Å². The van der Waals surface area contributed by atoms with Crippen molar-refractivity contribution >= 4 is 17.8 Å². The van der Waals surface area contributed by atoms with Crippen LogP contribution in [-0.4, -0.2) is 47.4 Å². The van der Waals surface area contributed by atoms with Gasteiger partial charge < -0.3 is 5.32 Å². The summed E-state index contributed by atoms with van der Waals surface area (Å²) < 4.78 is 0. The van der Waals surface area contributed by atoms with Crippen molar-refractivity contribution in [3.8, 4) is 0 Å². The molecule has 1 aromatic carbocycles. The van der Waals surface area contributed by atoms with Crippen molar-refractivity contribution in [2.24, 2.45) is 0 Å². The van der Waals surface area contributed by atoms with Crippen LogP contribution in [0.5, 0.6) is 0 Å². The van der Waals surface area contributed by atoms with Gasteiger partial charge in [0.05, 0.1) is 6.54 Å². The van der Waals surface area contributed by atoms with Crippen LogP contribution >= 0.6 is 0 Å². The minimum Gasteiger partial charge on any atom is -0.318 e. The van der Waals surface area contributed by atoms with Crippen molar-refractivity contribution in [2.75, 3.05) is 19.6 Å². The van der Waals surface area contributed by atoms with E-state index in [9.17, 15) is 14.4 Å². The Bertz CT molecular complexity index is 656. The number of carbonyl (C=O) groups excluding carboxylic acids is 3. The Balaban J connectivity index is 1.65. The van der Waals surface area contributed by atoms with E-state index in [0.29, 0.717) is 5.56 Å². The van der Waals surface area contributed by atoms with E-state index in [0.717, 1.165) is 30.9 Å². The first-order chi connectivity index (χ1) is 12.0. The monoisotopic (exact) mass is 344 g/mol. The second-order valence-corrected chi connectivity index (χ2v) is 6.79. The van der Waals surface area contributed by atoms with Gasteiger partial charge in [0.15, 0.2) is 0 Å². The predicted molar refractivity (Wildman–Crippen MR) is 92.2 cm³/mol. The normalized spacial score (nSPS) is 24.8. The SMILES string of the molecule is C[C@@]1(c2ccccc2)NC(=O)N(NC(=O)CN2CCCCCC2)C1=O. The zero-order valence-corrected chi connectivity index (χ0v) is 14.5. The fourth-order valence-corrected chi connectivity index (χ4v) is 3.37. The van der Waals surface area contributed by atoms with Crippen molar-refractivity contribution in [1.29, 1.82) is 0 Å². The molecule has 7 nitrogen and oxygen atoms in total. The van der Waals surface area contributed by atoms with Gasteiger partial charge in [0.25, 0.3) is 11.8 Å². The first-order valence-electron chi connectivity index (χ1n) is 8.75. The first kappa shape index (κ1) is 17.4. The molecule has 7 heteroatoms. The Kier molecular flexibility index (Phi) is 5.03. The molecule has 2 fully saturated rings. The van der Waals surface area contributed by atoms with E-state index < -0.39 is 17.5 Å². The van der Waals surface area contributed by atoms with E-state index in [2.05, 4.69) is 15.6 Å². The van der Waals surface area contributed by atoms with Gasteiger partial charge in [0.2, 0.25) is 0 Å². The Morgan fingerprint density at radius 1 is 1.12 bits per heavy atom. The van der Waals surface area contributed by atoms with Crippen LogP contribution in [0.3, 0.4) is 0 Å². The molecule has 0 spiro atoms. The Morgan fingerprint density at radius 3 is 2.40 bits per heavy atom. The lowest BCUT2D eigenvalue weighted by molar-refractivity contribution is -0.139. The maximum Gasteiger partial charge on any atom is 0.344 e. The van der Waals surface area contributed by atoms with Gasteiger partial charge in [-0.2, -0.15) is 5.01 Å². The van der Waals surface area contributed by atoms with E-state index in [1.165, 1.54) is 12.8 Å². The number of nitrogens with one attached hydrogen (secondary N) is 2. The summed E-state index contributed by atoms with van der Waals surface area (Å²) in [6, 6.07) is 8.40. The highest BCUT2D eigenvalue weighted by molar-refractivity contribution is 6.08. The minimum atomic E-state index is -1.17. The average Bonchev–Trinajstić information content (AvgIpc) is 2.80. The first-order valence-corrected chi connectivity index (χ1v) is 8.75. The summed E-state index contributed by atoms with van der Waals surface area (Å²) in [6.45, 7) is 3.58. The number of amides is 4. The summed E-state index contributed by atoms with van der Waals surface area (Å²) >= 11 is 0. The van der Waals surface area contributed by atoms with Gasteiger partial charge in [0, 0.05) is 0 Å². The number of rotatable bonds is 4. The highest BCUT2D eigenvalue weighted by atomic mass is 16.2. The molecule has 0 radical (unpaired) electrons. The van der Waals surface area contributed by atoms with Gasteiger partial charge >= 0.3 is 6.03 Å². The standard InChI is InChI=1S/C18H24N4O3/c1-18(14-9-5-4-6-10-14)16(24)22(17(25)19-18)20-15(23)13-21-11-7-2-3-8-12-21/h4-6,9-10H,2-3,7-8,11-13H2,1H3,(H,19,25)(H,20,23)/t18-/m0/s1. The van der Waals surface area contributed by atoms with E-state index in [-0.39, 0.29) is 12.5 Å². The van der Waals surface area contributed by atoms with Crippen LogP contribution in [-0.2, 0) is 15.1 Å². The largest absolute Gasteiger partial charge is 0.344 e. The van der Waals surface area contributed by atoms with Crippen LogP contribution in [0.25, 0.3) is 0 Å². The number of hydrazine groups is 1. The molecule has 4 amide bonds. The second-order valence-electron chi connectivity index (χ2n) is 6.79. The van der Waals surface area contributed by atoms with Gasteiger partial charge in [0.1, 0.15) is 5.54 Å².